The van der Waals surface area contributed by atoms with E-state index in [1.807, 2.05) is 0 Å². The molecule has 18 heavy (non-hydrogen) atoms. The van der Waals surface area contributed by atoms with E-state index in [9.17, 15) is 4.79 Å². The molecular weight excluding hydrogens is 275 g/mol. The van der Waals surface area contributed by atoms with Crippen molar-refractivity contribution in [3.05, 3.63) is 28.2 Å². The molecule has 1 aromatic rings. The lowest BCUT2D eigenvalue weighted by molar-refractivity contribution is -0.162. The van der Waals surface area contributed by atoms with Crippen molar-refractivity contribution in [3.8, 4) is 5.75 Å². The first-order valence-electron chi connectivity index (χ1n) is 5.53. The number of halogens is 2. The SMILES string of the molecule is CC(Oc1ccc(Cl)c(Cl)c1)C(=O)OC(C)(C)C. The second-order valence-electron chi connectivity index (χ2n) is 4.87. The number of esters is 1. The van der Waals surface area contributed by atoms with Crippen LogP contribution in [0.2, 0.25) is 10.0 Å². The van der Waals surface area contributed by atoms with Crippen molar-refractivity contribution in [1.29, 1.82) is 0 Å². The third kappa shape index (κ3) is 4.75. The van der Waals surface area contributed by atoms with E-state index in [1.165, 1.54) is 0 Å². The lowest BCUT2D eigenvalue weighted by atomic mass is 10.2. The zero-order chi connectivity index (χ0) is 13.9. The van der Waals surface area contributed by atoms with E-state index in [0.717, 1.165) is 0 Å². The first kappa shape index (κ1) is 15.1. The second kappa shape index (κ2) is 5.81. The Hall–Kier alpha value is -0.930. The van der Waals surface area contributed by atoms with Crippen molar-refractivity contribution in [2.24, 2.45) is 0 Å². The van der Waals surface area contributed by atoms with E-state index >= 15 is 0 Å². The van der Waals surface area contributed by atoms with Crippen LogP contribution in [0.15, 0.2) is 18.2 Å². The van der Waals surface area contributed by atoms with Gasteiger partial charge < -0.3 is 9.47 Å². The molecule has 0 bridgehead atoms. The molecule has 3 nitrogen and oxygen atoms in total. The van der Waals surface area contributed by atoms with Gasteiger partial charge in [-0.05, 0) is 39.8 Å². The molecule has 0 saturated heterocycles. The highest BCUT2D eigenvalue weighted by Gasteiger charge is 2.23. The van der Waals surface area contributed by atoms with E-state index in [-0.39, 0.29) is 0 Å². The number of carbonyl (C=O) groups is 1. The van der Waals surface area contributed by atoms with E-state index in [2.05, 4.69) is 0 Å². The highest BCUT2D eigenvalue weighted by Crippen LogP contribution is 2.27. The van der Waals surface area contributed by atoms with Gasteiger partial charge in [-0.25, -0.2) is 4.79 Å². The maximum absolute atomic E-state index is 11.7. The molecule has 0 aliphatic heterocycles. The third-order valence-corrected chi connectivity index (χ3v) is 2.68. The minimum absolute atomic E-state index is 0.380. The third-order valence-electron chi connectivity index (χ3n) is 1.94. The summed E-state index contributed by atoms with van der Waals surface area (Å²) in [6, 6.07) is 4.82. The Morgan fingerprint density at radius 2 is 1.83 bits per heavy atom. The topological polar surface area (TPSA) is 35.5 Å². The minimum Gasteiger partial charge on any atom is -0.479 e. The van der Waals surface area contributed by atoms with Crippen LogP contribution in [0.5, 0.6) is 5.75 Å². The summed E-state index contributed by atoms with van der Waals surface area (Å²) < 4.78 is 10.6. The Bertz CT molecular complexity index is 438. The van der Waals surface area contributed by atoms with E-state index in [0.29, 0.717) is 15.8 Å². The summed E-state index contributed by atoms with van der Waals surface area (Å²) in [6.45, 7) is 7.03. The lowest BCUT2D eigenvalue weighted by Gasteiger charge is -2.22. The van der Waals surface area contributed by atoms with Crippen LogP contribution in [0.1, 0.15) is 27.7 Å². The average molecular weight is 291 g/mol. The van der Waals surface area contributed by atoms with E-state index in [4.69, 9.17) is 32.7 Å². The van der Waals surface area contributed by atoms with Gasteiger partial charge in [0.25, 0.3) is 0 Å². The summed E-state index contributed by atoms with van der Waals surface area (Å²) in [4.78, 5) is 11.7. The van der Waals surface area contributed by atoms with Crippen LogP contribution in [-0.4, -0.2) is 17.7 Å². The molecule has 0 heterocycles. The molecule has 1 unspecified atom stereocenters. The monoisotopic (exact) mass is 290 g/mol. The molecule has 1 aromatic carbocycles. The lowest BCUT2D eigenvalue weighted by Crippen LogP contribution is -2.33. The zero-order valence-corrected chi connectivity index (χ0v) is 12.3. The van der Waals surface area contributed by atoms with Crippen molar-refractivity contribution in [2.75, 3.05) is 0 Å². The van der Waals surface area contributed by atoms with Crippen LogP contribution in [0, 0.1) is 0 Å². The van der Waals surface area contributed by atoms with Gasteiger partial charge in [-0.2, -0.15) is 0 Å². The van der Waals surface area contributed by atoms with Gasteiger partial charge in [0.15, 0.2) is 6.10 Å². The first-order chi connectivity index (χ1) is 8.19. The van der Waals surface area contributed by atoms with Crippen molar-refractivity contribution in [1.82, 2.24) is 0 Å². The number of rotatable bonds is 3. The van der Waals surface area contributed by atoms with E-state index < -0.39 is 17.7 Å². The van der Waals surface area contributed by atoms with Gasteiger partial charge in [0.2, 0.25) is 0 Å². The Morgan fingerprint density at radius 3 is 2.33 bits per heavy atom. The second-order valence-corrected chi connectivity index (χ2v) is 5.68. The molecule has 0 spiro atoms. The highest BCUT2D eigenvalue weighted by atomic mass is 35.5. The molecule has 0 amide bonds. The molecule has 0 saturated carbocycles. The fourth-order valence-corrected chi connectivity index (χ4v) is 1.48. The quantitative estimate of drug-likeness (QED) is 0.786. The molecule has 0 fully saturated rings. The molecule has 100 valence electrons. The summed E-state index contributed by atoms with van der Waals surface area (Å²) in [7, 11) is 0. The summed E-state index contributed by atoms with van der Waals surface area (Å²) in [6.07, 6.45) is -0.707. The van der Waals surface area contributed by atoms with Gasteiger partial charge in [0, 0.05) is 6.07 Å². The minimum atomic E-state index is -0.707. The maximum Gasteiger partial charge on any atom is 0.347 e. The van der Waals surface area contributed by atoms with Crippen molar-refractivity contribution < 1.29 is 14.3 Å². The van der Waals surface area contributed by atoms with Crippen molar-refractivity contribution in [2.45, 2.75) is 39.4 Å². The van der Waals surface area contributed by atoms with Crippen LogP contribution in [-0.2, 0) is 9.53 Å². The fraction of sp³-hybridized carbons (Fsp3) is 0.462. The molecule has 0 N–H and O–H groups in total. The van der Waals surface area contributed by atoms with Crippen LogP contribution in [0.3, 0.4) is 0 Å². The molecule has 0 aromatic heterocycles. The summed E-state index contributed by atoms with van der Waals surface area (Å²) in [5.41, 5.74) is -0.535. The molecular formula is C13H16Cl2O3. The fourth-order valence-electron chi connectivity index (χ4n) is 1.19. The largest absolute Gasteiger partial charge is 0.479 e. The van der Waals surface area contributed by atoms with Gasteiger partial charge in [-0.3, -0.25) is 0 Å². The predicted molar refractivity (Wildman–Crippen MR) is 72.4 cm³/mol. The smallest absolute Gasteiger partial charge is 0.347 e. The van der Waals surface area contributed by atoms with Gasteiger partial charge in [0.1, 0.15) is 11.4 Å². The summed E-state index contributed by atoms with van der Waals surface area (Å²) >= 11 is 11.6. The predicted octanol–water partition coefficient (Wildman–Crippen LogP) is 4.10. The molecule has 0 aliphatic carbocycles. The van der Waals surface area contributed by atoms with Crippen LogP contribution in [0.25, 0.3) is 0 Å². The van der Waals surface area contributed by atoms with Crippen molar-refractivity contribution in [3.63, 3.8) is 0 Å². The maximum atomic E-state index is 11.7. The van der Waals surface area contributed by atoms with Gasteiger partial charge in [-0.1, -0.05) is 23.2 Å². The summed E-state index contributed by atoms with van der Waals surface area (Å²) in [5.74, 6) is 0.0522. The van der Waals surface area contributed by atoms with Gasteiger partial charge >= 0.3 is 5.97 Å². The number of benzene rings is 1. The molecule has 0 aliphatic rings. The number of hydrogen-bond donors (Lipinski definition) is 0. The Morgan fingerprint density at radius 1 is 1.22 bits per heavy atom. The molecule has 1 rings (SSSR count). The Labute approximate surface area is 117 Å². The molecule has 5 heteroatoms. The average Bonchev–Trinajstić information content (AvgIpc) is 2.21. The number of carbonyl (C=O) groups excluding carboxylic acids is 1. The normalized spacial score (nSPS) is 13.0. The first-order valence-corrected chi connectivity index (χ1v) is 6.29. The molecule has 1 atom stereocenters. The van der Waals surface area contributed by atoms with E-state index in [1.54, 1.807) is 45.9 Å². The Kier molecular flexibility index (Phi) is 4.88. The number of ether oxygens (including phenoxy) is 2. The van der Waals surface area contributed by atoms with Crippen LogP contribution in [0.4, 0.5) is 0 Å². The summed E-state index contributed by atoms with van der Waals surface area (Å²) in [5, 5.41) is 0.819. The van der Waals surface area contributed by atoms with Gasteiger partial charge in [-0.15, -0.1) is 0 Å². The Balaban J connectivity index is 2.66. The van der Waals surface area contributed by atoms with Crippen LogP contribution < -0.4 is 4.74 Å². The van der Waals surface area contributed by atoms with Gasteiger partial charge in [0.05, 0.1) is 10.0 Å². The highest BCUT2D eigenvalue weighted by molar-refractivity contribution is 6.42. The standard InChI is InChI=1S/C13H16Cl2O3/c1-8(12(16)18-13(2,3)4)17-9-5-6-10(14)11(15)7-9/h5-8H,1-4H3. The number of hydrogen-bond acceptors (Lipinski definition) is 3. The molecule has 0 radical (unpaired) electrons. The van der Waals surface area contributed by atoms with Crippen molar-refractivity contribution >= 4 is 29.2 Å². The van der Waals surface area contributed by atoms with Crippen LogP contribution >= 0.6 is 23.2 Å². The zero-order valence-electron chi connectivity index (χ0n) is 10.8.